The van der Waals surface area contributed by atoms with Gasteiger partial charge in [0, 0.05) is 24.7 Å². The average molecular weight is 187 g/mol. The number of pyridine rings is 1. The van der Waals surface area contributed by atoms with Crippen LogP contribution in [-0.4, -0.2) is 15.0 Å². The zero-order chi connectivity index (χ0) is 9.80. The Morgan fingerprint density at radius 2 is 1.86 bits per heavy atom. The van der Waals surface area contributed by atoms with Gasteiger partial charge < -0.3 is 4.74 Å². The minimum atomic E-state index is 0.314. The molecule has 70 valence electrons. The number of nitrogens with zero attached hydrogens (tertiary/aromatic N) is 3. The van der Waals surface area contributed by atoms with Crippen molar-refractivity contribution in [3.05, 3.63) is 42.4 Å². The van der Waals surface area contributed by atoms with E-state index in [1.54, 1.807) is 24.7 Å². The molecule has 4 nitrogen and oxygen atoms in total. The van der Waals surface area contributed by atoms with E-state index in [4.69, 9.17) is 4.74 Å². The summed E-state index contributed by atoms with van der Waals surface area (Å²) in [4.78, 5) is 12.0. The molecular weight excluding hydrogens is 178 g/mol. The average Bonchev–Trinajstić information content (AvgIpc) is 2.23. The molecule has 0 saturated carbocycles. The van der Waals surface area contributed by atoms with Crippen molar-refractivity contribution in [1.82, 2.24) is 15.0 Å². The van der Waals surface area contributed by atoms with E-state index in [0.29, 0.717) is 11.9 Å². The van der Waals surface area contributed by atoms with Gasteiger partial charge in [0.25, 0.3) is 0 Å². The molecule has 0 bridgehead atoms. The maximum absolute atomic E-state index is 5.30. The van der Waals surface area contributed by atoms with Gasteiger partial charge >= 0.3 is 6.01 Å². The van der Waals surface area contributed by atoms with E-state index >= 15 is 0 Å². The predicted molar refractivity (Wildman–Crippen MR) is 51.1 cm³/mol. The molecule has 2 heterocycles. The summed E-state index contributed by atoms with van der Waals surface area (Å²) in [5.41, 5.74) is 0.998. The number of aryl methyl sites for hydroxylation is 1. The number of hydrogen-bond donors (Lipinski definition) is 0. The van der Waals surface area contributed by atoms with E-state index in [1.165, 1.54) is 0 Å². The van der Waals surface area contributed by atoms with Crippen LogP contribution in [0.1, 0.15) is 5.56 Å². The maximum Gasteiger partial charge on any atom is 0.323 e. The zero-order valence-electron chi connectivity index (χ0n) is 7.71. The van der Waals surface area contributed by atoms with Gasteiger partial charge in [0.15, 0.2) is 0 Å². The Morgan fingerprint density at radius 1 is 1.07 bits per heavy atom. The first-order chi connectivity index (χ1) is 6.84. The van der Waals surface area contributed by atoms with Crippen molar-refractivity contribution in [2.24, 2.45) is 0 Å². The number of ether oxygens (including phenoxy) is 1. The second kappa shape index (κ2) is 3.83. The third kappa shape index (κ3) is 2.04. The van der Waals surface area contributed by atoms with Gasteiger partial charge in [-0.3, -0.25) is 0 Å². The van der Waals surface area contributed by atoms with Crippen LogP contribution < -0.4 is 4.74 Å². The lowest BCUT2D eigenvalue weighted by Crippen LogP contribution is -1.92. The van der Waals surface area contributed by atoms with Gasteiger partial charge in [-0.05, 0) is 18.6 Å². The fourth-order valence-electron chi connectivity index (χ4n) is 0.934. The van der Waals surface area contributed by atoms with Crippen LogP contribution in [0.2, 0.25) is 0 Å². The molecule has 0 amide bonds. The monoisotopic (exact) mass is 187 g/mol. The van der Waals surface area contributed by atoms with Crippen molar-refractivity contribution in [2.75, 3.05) is 0 Å². The topological polar surface area (TPSA) is 47.9 Å². The normalized spacial score (nSPS) is 9.79. The van der Waals surface area contributed by atoms with E-state index in [1.807, 2.05) is 19.1 Å². The van der Waals surface area contributed by atoms with E-state index in [-0.39, 0.29) is 0 Å². The molecule has 0 aromatic carbocycles. The van der Waals surface area contributed by atoms with Crippen LogP contribution in [0.4, 0.5) is 0 Å². The first kappa shape index (κ1) is 8.62. The van der Waals surface area contributed by atoms with Crippen LogP contribution in [0, 0.1) is 6.92 Å². The summed E-state index contributed by atoms with van der Waals surface area (Å²) in [5.74, 6) is 0.497. The van der Waals surface area contributed by atoms with Crippen LogP contribution in [0.25, 0.3) is 0 Å². The summed E-state index contributed by atoms with van der Waals surface area (Å²) in [6.45, 7) is 1.92. The highest BCUT2D eigenvalue weighted by molar-refractivity contribution is 5.15. The van der Waals surface area contributed by atoms with Crippen molar-refractivity contribution in [3.8, 4) is 11.9 Å². The second-order valence-electron chi connectivity index (χ2n) is 2.81. The third-order valence-corrected chi connectivity index (χ3v) is 1.59. The number of aromatic nitrogens is 3. The highest BCUT2D eigenvalue weighted by Gasteiger charge is 1.98. The molecule has 0 unspecified atom stereocenters. The van der Waals surface area contributed by atoms with Gasteiger partial charge in [0.1, 0.15) is 0 Å². The lowest BCUT2D eigenvalue weighted by atomic mass is 10.4. The van der Waals surface area contributed by atoms with E-state index in [0.717, 1.165) is 5.56 Å². The molecule has 0 N–H and O–H groups in total. The van der Waals surface area contributed by atoms with Crippen LogP contribution in [-0.2, 0) is 0 Å². The van der Waals surface area contributed by atoms with Crippen molar-refractivity contribution in [2.45, 2.75) is 6.92 Å². The van der Waals surface area contributed by atoms with Gasteiger partial charge in [-0.2, -0.15) is 0 Å². The zero-order valence-corrected chi connectivity index (χ0v) is 7.71. The number of hydrogen-bond acceptors (Lipinski definition) is 4. The van der Waals surface area contributed by atoms with Crippen molar-refractivity contribution in [1.29, 1.82) is 0 Å². The minimum absolute atomic E-state index is 0.314. The summed E-state index contributed by atoms with van der Waals surface area (Å²) in [7, 11) is 0. The highest BCUT2D eigenvalue weighted by atomic mass is 16.5. The van der Waals surface area contributed by atoms with E-state index in [9.17, 15) is 0 Å². The van der Waals surface area contributed by atoms with Gasteiger partial charge in [-0.15, -0.1) is 0 Å². The van der Waals surface area contributed by atoms with Gasteiger partial charge in [0.05, 0.1) is 0 Å². The molecule has 2 rings (SSSR count). The second-order valence-corrected chi connectivity index (χ2v) is 2.81. The SMILES string of the molecule is Cc1cnc(Oc2ccccn2)nc1. The summed E-state index contributed by atoms with van der Waals surface area (Å²) in [6, 6.07) is 5.73. The lowest BCUT2D eigenvalue weighted by Gasteiger charge is -2.00. The summed E-state index contributed by atoms with van der Waals surface area (Å²) in [5, 5.41) is 0. The Bertz CT molecular complexity index is 399. The fraction of sp³-hybridized carbons (Fsp3) is 0.100. The molecule has 0 fully saturated rings. The maximum atomic E-state index is 5.30. The quantitative estimate of drug-likeness (QED) is 0.721. The van der Waals surface area contributed by atoms with Gasteiger partial charge in [-0.1, -0.05) is 6.07 Å². The molecular formula is C10H9N3O. The summed E-state index contributed by atoms with van der Waals surface area (Å²) in [6.07, 6.45) is 5.06. The van der Waals surface area contributed by atoms with Crippen molar-refractivity contribution in [3.63, 3.8) is 0 Å². The van der Waals surface area contributed by atoms with Crippen LogP contribution in [0.15, 0.2) is 36.8 Å². The highest BCUT2D eigenvalue weighted by Crippen LogP contribution is 2.12. The standard InChI is InChI=1S/C10H9N3O/c1-8-6-12-10(13-7-8)14-9-4-2-3-5-11-9/h2-7H,1H3. The van der Waals surface area contributed by atoms with Gasteiger partial charge in [0.2, 0.25) is 5.88 Å². The minimum Gasteiger partial charge on any atom is -0.405 e. The molecule has 4 heteroatoms. The van der Waals surface area contributed by atoms with E-state index in [2.05, 4.69) is 15.0 Å². The Balaban J connectivity index is 2.16. The largest absolute Gasteiger partial charge is 0.405 e. The first-order valence-corrected chi connectivity index (χ1v) is 4.22. The molecule has 0 aliphatic heterocycles. The van der Waals surface area contributed by atoms with Crippen molar-refractivity contribution >= 4 is 0 Å². The number of rotatable bonds is 2. The first-order valence-electron chi connectivity index (χ1n) is 4.22. The van der Waals surface area contributed by atoms with Crippen LogP contribution in [0.3, 0.4) is 0 Å². The molecule has 0 saturated heterocycles. The predicted octanol–water partition coefficient (Wildman–Crippen LogP) is 1.97. The van der Waals surface area contributed by atoms with Crippen molar-refractivity contribution < 1.29 is 4.74 Å². The Hall–Kier alpha value is -1.97. The summed E-state index contributed by atoms with van der Waals surface area (Å²) >= 11 is 0. The Morgan fingerprint density at radius 3 is 2.50 bits per heavy atom. The fourth-order valence-corrected chi connectivity index (χ4v) is 0.934. The molecule has 2 aromatic heterocycles. The molecule has 0 spiro atoms. The van der Waals surface area contributed by atoms with Crippen LogP contribution in [0.5, 0.6) is 11.9 Å². The molecule has 2 aromatic rings. The lowest BCUT2D eigenvalue weighted by molar-refractivity contribution is 0.424. The molecule has 0 atom stereocenters. The molecule has 14 heavy (non-hydrogen) atoms. The Labute approximate surface area is 81.6 Å². The van der Waals surface area contributed by atoms with Crippen LogP contribution >= 0.6 is 0 Å². The third-order valence-electron chi connectivity index (χ3n) is 1.59. The molecule has 0 aliphatic rings. The smallest absolute Gasteiger partial charge is 0.323 e. The van der Waals surface area contributed by atoms with E-state index < -0.39 is 0 Å². The molecule has 0 aliphatic carbocycles. The Kier molecular flexibility index (Phi) is 2.36. The summed E-state index contributed by atoms with van der Waals surface area (Å²) < 4.78 is 5.30. The van der Waals surface area contributed by atoms with Gasteiger partial charge in [-0.25, -0.2) is 15.0 Å². The molecule has 0 radical (unpaired) electrons.